The van der Waals surface area contributed by atoms with Crippen molar-refractivity contribution in [1.82, 2.24) is 19.2 Å². The maximum atomic E-state index is 13.4. The maximum absolute atomic E-state index is 13.4. The van der Waals surface area contributed by atoms with Crippen LogP contribution in [-0.2, 0) is 14.8 Å². The van der Waals surface area contributed by atoms with E-state index < -0.39 is 16.1 Å². The zero-order valence-electron chi connectivity index (χ0n) is 18.0. The normalized spacial score (nSPS) is 21.1. The monoisotopic (exact) mass is 452 g/mol. The van der Waals surface area contributed by atoms with Gasteiger partial charge in [0.15, 0.2) is 0 Å². The minimum absolute atomic E-state index is 0.0627. The lowest BCUT2D eigenvalue weighted by molar-refractivity contribution is -0.137. The number of nitrogens with zero attached hydrogens (tertiary/aromatic N) is 3. The first kappa shape index (κ1) is 21.2. The molecule has 3 heterocycles. The van der Waals surface area contributed by atoms with Gasteiger partial charge in [-0.2, -0.15) is 4.31 Å². The third-order valence-corrected chi connectivity index (χ3v) is 8.61. The van der Waals surface area contributed by atoms with E-state index in [4.69, 9.17) is 4.98 Å². The van der Waals surface area contributed by atoms with Gasteiger partial charge in [-0.05, 0) is 49.9 Å². The summed E-state index contributed by atoms with van der Waals surface area (Å²) in [5, 5.41) is 0. The fraction of sp³-hybridized carbons (Fsp3) is 0.417. The summed E-state index contributed by atoms with van der Waals surface area (Å²) in [6.45, 7) is 1.63. The molecule has 0 unspecified atom stereocenters. The number of fused-ring (bicyclic) bond motifs is 1. The Hall–Kier alpha value is -2.71. The van der Waals surface area contributed by atoms with E-state index in [1.165, 1.54) is 4.31 Å². The third-order valence-electron chi connectivity index (χ3n) is 6.69. The summed E-state index contributed by atoms with van der Waals surface area (Å²) in [5.74, 6) is 1.19. The van der Waals surface area contributed by atoms with E-state index in [0.29, 0.717) is 26.1 Å². The number of amides is 1. The van der Waals surface area contributed by atoms with Gasteiger partial charge in [0, 0.05) is 25.6 Å². The number of nitrogens with one attached hydrogen (secondary N) is 1. The van der Waals surface area contributed by atoms with Crippen molar-refractivity contribution in [3.05, 3.63) is 60.4 Å². The number of benzene rings is 2. The van der Waals surface area contributed by atoms with Crippen molar-refractivity contribution in [2.75, 3.05) is 19.6 Å². The number of sulfonamides is 1. The molecular weight excluding hydrogens is 424 g/mol. The van der Waals surface area contributed by atoms with Crippen molar-refractivity contribution in [1.29, 1.82) is 0 Å². The second-order valence-electron chi connectivity index (χ2n) is 8.68. The fourth-order valence-corrected chi connectivity index (χ4v) is 6.59. The summed E-state index contributed by atoms with van der Waals surface area (Å²) in [6.07, 6.45) is 3.87. The molecular formula is C24H28N4O3S. The van der Waals surface area contributed by atoms with Gasteiger partial charge in [0.2, 0.25) is 15.9 Å². The Bertz CT molecular complexity index is 1170. The smallest absolute Gasteiger partial charge is 0.243 e. The molecule has 5 rings (SSSR count). The number of hydrogen-bond donors (Lipinski definition) is 1. The summed E-state index contributed by atoms with van der Waals surface area (Å²) < 4.78 is 27.9. The average molecular weight is 453 g/mol. The maximum Gasteiger partial charge on any atom is 0.243 e. The predicted molar refractivity (Wildman–Crippen MR) is 123 cm³/mol. The molecule has 1 N–H and O–H groups in total. The van der Waals surface area contributed by atoms with E-state index in [1.54, 1.807) is 30.3 Å². The molecule has 0 radical (unpaired) electrons. The van der Waals surface area contributed by atoms with Gasteiger partial charge in [0.05, 0.1) is 15.9 Å². The quantitative estimate of drug-likeness (QED) is 0.656. The molecule has 3 aromatic rings. The van der Waals surface area contributed by atoms with E-state index in [0.717, 1.165) is 42.5 Å². The van der Waals surface area contributed by atoms with Crippen LogP contribution >= 0.6 is 0 Å². The molecule has 7 nitrogen and oxygen atoms in total. The standard InChI is InChI=1S/C24H28N4O3S/c29-24(22-12-6-7-15-28(22)32(30,31)19-8-2-1-3-9-19)27-16-13-18(14-17-27)23-25-20-10-4-5-11-21(20)26-23/h1-5,8-11,18,22H,6-7,12-17H2,(H,25,26)/t22-/m0/s1. The summed E-state index contributed by atoms with van der Waals surface area (Å²) >= 11 is 0. The van der Waals surface area contributed by atoms with Crippen molar-refractivity contribution in [2.24, 2.45) is 0 Å². The van der Waals surface area contributed by atoms with E-state index in [1.807, 2.05) is 29.2 Å². The average Bonchev–Trinajstić information content (AvgIpc) is 3.29. The van der Waals surface area contributed by atoms with Gasteiger partial charge < -0.3 is 9.88 Å². The van der Waals surface area contributed by atoms with E-state index in [9.17, 15) is 13.2 Å². The van der Waals surface area contributed by atoms with Crippen LogP contribution in [0.3, 0.4) is 0 Å². The first-order chi connectivity index (χ1) is 15.5. The predicted octanol–water partition coefficient (Wildman–Crippen LogP) is 3.51. The molecule has 0 bridgehead atoms. The number of aromatic nitrogens is 2. The summed E-state index contributed by atoms with van der Waals surface area (Å²) in [6, 6.07) is 15.8. The molecule has 0 saturated carbocycles. The van der Waals surface area contributed by atoms with Crippen LogP contribution in [0.4, 0.5) is 0 Å². The zero-order chi connectivity index (χ0) is 22.1. The topological polar surface area (TPSA) is 86.4 Å². The molecule has 32 heavy (non-hydrogen) atoms. The molecule has 1 atom stereocenters. The SMILES string of the molecule is O=C([C@@H]1CCCCN1S(=O)(=O)c1ccccc1)N1CCC(c2nc3ccccc3[nH]2)CC1. The summed E-state index contributed by atoms with van der Waals surface area (Å²) in [5.41, 5.74) is 2.00. The van der Waals surface area contributed by atoms with Crippen molar-refractivity contribution in [3.8, 4) is 0 Å². The van der Waals surface area contributed by atoms with Gasteiger partial charge in [0.25, 0.3) is 0 Å². The van der Waals surface area contributed by atoms with Crippen LogP contribution in [0.1, 0.15) is 43.8 Å². The number of likely N-dealkylation sites (tertiary alicyclic amines) is 1. The minimum atomic E-state index is -3.69. The molecule has 1 aromatic heterocycles. The van der Waals surface area contributed by atoms with Gasteiger partial charge in [-0.1, -0.05) is 36.8 Å². The molecule has 2 saturated heterocycles. The van der Waals surface area contributed by atoms with Gasteiger partial charge >= 0.3 is 0 Å². The first-order valence-corrected chi connectivity index (χ1v) is 12.8. The van der Waals surface area contributed by atoms with E-state index in [2.05, 4.69) is 4.98 Å². The van der Waals surface area contributed by atoms with Gasteiger partial charge in [-0.15, -0.1) is 0 Å². The minimum Gasteiger partial charge on any atom is -0.342 e. The number of para-hydroxylation sites is 2. The molecule has 2 aliphatic heterocycles. The van der Waals surface area contributed by atoms with Crippen LogP contribution < -0.4 is 0 Å². The molecule has 8 heteroatoms. The number of carbonyl (C=O) groups excluding carboxylic acids is 1. The Balaban J connectivity index is 1.29. The number of H-pyrrole nitrogens is 1. The number of imidazole rings is 1. The van der Waals surface area contributed by atoms with Crippen LogP contribution in [0.25, 0.3) is 11.0 Å². The molecule has 1 amide bonds. The first-order valence-electron chi connectivity index (χ1n) is 11.3. The molecule has 2 aromatic carbocycles. The number of carbonyl (C=O) groups is 1. The van der Waals surface area contributed by atoms with Gasteiger partial charge in [-0.25, -0.2) is 13.4 Å². The highest BCUT2D eigenvalue weighted by Gasteiger charge is 2.40. The highest BCUT2D eigenvalue weighted by atomic mass is 32.2. The molecule has 168 valence electrons. The summed E-state index contributed by atoms with van der Waals surface area (Å²) in [7, 11) is -3.69. The lowest BCUT2D eigenvalue weighted by Gasteiger charge is -2.39. The summed E-state index contributed by atoms with van der Waals surface area (Å²) in [4.78, 5) is 23.7. The Labute approximate surface area is 188 Å². The zero-order valence-corrected chi connectivity index (χ0v) is 18.8. The van der Waals surface area contributed by atoms with Crippen LogP contribution in [-0.4, -0.2) is 59.2 Å². The Morgan fingerprint density at radius 2 is 1.62 bits per heavy atom. The van der Waals surface area contributed by atoms with Crippen LogP contribution in [0.2, 0.25) is 0 Å². The number of piperidine rings is 2. The van der Waals surface area contributed by atoms with Crippen LogP contribution in [0.5, 0.6) is 0 Å². The molecule has 0 aliphatic carbocycles. The number of aromatic amines is 1. The van der Waals surface area contributed by atoms with Crippen molar-refractivity contribution >= 4 is 27.0 Å². The van der Waals surface area contributed by atoms with Gasteiger partial charge in [0.1, 0.15) is 11.9 Å². The molecule has 0 spiro atoms. The second kappa shape index (κ2) is 8.67. The van der Waals surface area contributed by atoms with E-state index in [-0.39, 0.29) is 16.7 Å². The molecule has 2 fully saturated rings. The Kier molecular flexibility index (Phi) is 5.73. The largest absolute Gasteiger partial charge is 0.342 e. The number of rotatable bonds is 4. The lowest BCUT2D eigenvalue weighted by Crippen LogP contribution is -2.54. The second-order valence-corrected chi connectivity index (χ2v) is 10.6. The highest BCUT2D eigenvalue weighted by molar-refractivity contribution is 7.89. The van der Waals surface area contributed by atoms with Crippen molar-refractivity contribution in [3.63, 3.8) is 0 Å². The van der Waals surface area contributed by atoms with Gasteiger partial charge in [-0.3, -0.25) is 4.79 Å². The van der Waals surface area contributed by atoms with Crippen LogP contribution in [0, 0.1) is 0 Å². The fourth-order valence-electron chi connectivity index (χ4n) is 4.92. The number of hydrogen-bond acceptors (Lipinski definition) is 4. The molecule has 2 aliphatic rings. The third kappa shape index (κ3) is 3.93. The lowest BCUT2D eigenvalue weighted by atomic mass is 9.95. The van der Waals surface area contributed by atoms with Crippen molar-refractivity contribution in [2.45, 2.75) is 49.0 Å². The van der Waals surface area contributed by atoms with Crippen molar-refractivity contribution < 1.29 is 13.2 Å². The highest BCUT2D eigenvalue weighted by Crippen LogP contribution is 2.31. The Morgan fingerprint density at radius 3 is 2.38 bits per heavy atom. The van der Waals surface area contributed by atoms with E-state index >= 15 is 0 Å². The van der Waals surface area contributed by atoms with Crippen LogP contribution in [0.15, 0.2) is 59.5 Å². The Morgan fingerprint density at radius 1 is 0.906 bits per heavy atom.